The maximum Gasteiger partial charge on any atom is 0.319 e. The number of aromatic nitrogens is 2. The van der Waals surface area contributed by atoms with Crippen molar-refractivity contribution in [3.8, 4) is 5.75 Å². The molecule has 0 aliphatic rings. The number of rotatable bonds is 8. The molecule has 2 amide bonds. The van der Waals surface area contributed by atoms with Crippen molar-refractivity contribution in [1.29, 1.82) is 0 Å². The first-order valence-electron chi connectivity index (χ1n) is 9.23. The van der Waals surface area contributed by atoms with E-state index in [0.717, 1.165) is 22.8 Å². The van der Waals surface area contributed by atoms with Crippen LogP contribution in [0.4, 0.5) is 27.9 Å². The van der Waals surface area contributed by atoms with Gasteiger partial charge in [-0.15, -0.1) is 0 Å². The Bertz CT molecular complexity index is 932. The van der Waals surface area contributed by atoms with Crippen LogP contribution in [0, 0.1) is 6.92 Å². The number of urea groups is 1. The molecule has 0 radical (unpaired) electrons. The number of benzene rings is 2. The Balaban J connectivity index is 1.48. The second-order valence-electron chi connectivity index (χ2n) is 6.25. The fraction of sp³-hybridized carbons (Fsp3) is 0.190. The monoisotopic (exact) mass is 392 g/mol. The number of para-hydroxylation sites is 1. The normalized spacial score (nSPS) is 10.1. The SMILES string of the molecule is COc1ccc(Nc2cc(C)nc(NCCNC(=O)Nc3ccccc3)n2)cc1. The summed E-state index contributed by atoms with van der Waals surface area (Å²) in [5, 5.41) is 11.9. The molecule has 0 saturated carbocycles. The van der Waals surface area contributed by atoms with Crippen molar-refractivity contribution in [2.24, 2.45) is 0 Å². The largest absolute Gasteiger partial charge is 0.497 e. The van der Waals surface area contributed by atoms with Gasteiger partial charge in [-0.25, -0.2) is 9.78 Å². The minimum Gasteiger partial charge on any atom is -0.497 e. The molecule has 0 aliphatic heterocycles. The zero-order valence-corrected chi connectivity index (χ0v) is 16.4. The first-order valence-corrected chi connectivity index (χ1v) is 9.23. The highest BCUT2D eigenvalue weighted by Gasteiger charge is 2.04. The summed E-state index contributed by atoms with van der Waals surface area (Å²) in [6.07, 6.45) is 0. The average molecular weight is 392 g/mol. The molecule has 3 rings (SSSR count). The van der Waals surface area contributed by atoms with E-state index in [-0.39, 0.29) is 6.03 Å². The van der Waals surface area contributed by atoms with Gasteiger partial charge >= 0.3 is 6.03 Å². The molecule has 0 bridgehead atoms. The lowest BCUT2D eigenvalue weighted by Gasteiger charge is -2.11. The molecule has 0 unspecified atom stereocenters. The quantitative estimate of drug-likeness (QED) is 0.436. The van der Waals surface area contributed by atoms with Crippen LogP contribution in [0.5, 0.6) is 5.75 Å². The molecule has 0 aliphatic carbocycles. The Kier molecular flexibility index (Phi) is 6.83. The van der Waals surface area contributed by atoms with E-state index in [4.69, 9.17) is 4.74 Å². The van der Waals surface area contributed by atoms with Crippen molar-refractivity contribution in [3.05, 3.63) is 66.4 Å². The van der Waals surface area contributed by atoms with E-state index in [9.17, 15) is 4.79 Å². The Morgan fingerprint density at radius 3 is 2.45 bits per heavy atom. The lowest BCUT2D eigenvalue weighted by Crippen LogP contribution is -2.32. The number of ether oxygens (including phenoxy) is 1. The highest BCUT2D eigenvalue weighted by molar-refractivity contribution is 5.89. The molecule has 4 N–H and O–H groups in total. The predicted octanol–water partition coefficient (Wildman–Crippen LogP) is 3.77. The van der Waals surface area contributed by atoms with E-state index in [0.29, 0.717) is 24.9 Å². The number of aryl methyl sites for hydroxylation is 1. The number of nitrogens with zero attached hydrogens (tertiary/aromatic N) is 2. The van der Waals surface area contributed by atoms with Gasteiger partial charge in [0, 0.05) is 36.2 Å². The number of anilines is 4. The van der Waals surface area contributed by atoms with Crippen LogP contribution in [0.3, 0.4) is 0 Å². The van der Waals surface area contributed by atoms with Crippen LogP contribution in [0.1, 0.15) is 5.69 Å². The lowest BCUT2D eigenvalue weighted by atomic mass is 10.3. The fourth-order valence-electron chi connectivity index (χ4n) is 2.58. The number of amides is 2. The summed E-state index contributed by atoms with van der Waals surface area (Å²) in [5.41, 5.74) is 2.47. The minimum absolute atomic E-state index is 0.259. The topological polar surface area (TPSA) is 100 Å². The number of carbonyl (C=O) groups is 1. The van der Waals surface area contributed by atoms with E-state index >= 15 is 0 Å². The first kappa shape index (κ1) is 19.9. The van der Waals surface area contributed by atoms with Crippen molar-refractivity contribution >= 4 is 29.2 Å². The van der Waals surface area contributed by atoms with Gasteiger partial charge in [0.05, 0.1) is 7.11 Å². The molecule has 150 valence electrons. The molecule has 8 nitrogen and oxygen atoms in total. The van der Waals surface area contributed by atoms with Crippen LogP contribution in [-0.4, -0.2) is 36.2 Å². The summed E-state index contributed by atoms with van der Waals surface area (Å²) in [6.45, 7) is 2.82. The van der Waals surface area contributed by atoms with E-state index in [1.807, 2.05) is 67.6 Å². The number of carbonyl (C=O) groups excluding carboxylic acids is 1. The highest BCUT2D eigenvalue weighted by Crippen LogP contribution is 2.19. The minimum atomic E-state index is -0.259. The first-order chi connectivity index (χ1) is 14.1. The Morgan fingerprint density at radius 2 is 1.72 bits per heavy atom. The van der Waals surface area contributed by atoms with Gasteiger partial charge in [0.15, 0.2) is 0 Å². The summed E-state index contributed by atoms with van der Waals surface area (Å²) in [6, 6.07) is 18.5. The van der Waals surface area contributed by atoms with Gasteiger partial charge in [-0.3, -0.25) is 0 Å². The zero-order chi connectivity index (χ0) is 20.5. The summed E-state index contributed by atoms with van der Waals surface area (Å²) in [5.74, 6) is 1.96. The molecule has 0 spiro atoms. The molecule has 0 saturated heterocycles. The molecule has 0 fully saturated rings. The highest BCUT2D eigenvalue weighted by atomic mass is 16.5. The molecule has 2 aromatic carbocycles. The summed E-state index contributed by atoms with van der Waals surface area (Å²) in [4.78, 5) is 20.7. The second-order valence-corrected chi connectivity index (χ2v) is 6.25. The standard InChI is InChI=1S/C21H24N6O2/c1-15-14-19(25-17-8-10-18(29-2)11-9-17)27-20(24-15)22-12-13-23-21(28)26-16-6-4-3-5-7-16/h3-11,14H,12-13H2,1-2H3,(H2,23,26,28)(H2,22,24,25,27). The molecular formula is C21H24N6O2. The van der Waals surface area contributed by atoms with Gasteiger partial charge in [0.2, 0.25) is 5.95 Å². The second kappa shape index (κ2) is 9.93. The third-order valence-corrected chi connectivity index (χ3v) is 3.94. The molecule has 3 aromatic rings. The van der Waals surface area contributed by atoms with Crippen molar-refractivity contribution in [3.63, 3.8) is 0 Å². The third kappa shape index (κ3) is 6.39. The number of methoxy groups -OCH3 is 1. The van der Waals surface area contributed by atoms with Gasteiger partial charge < -0.3 is 26.0 Å². The van der Waals surface area contributed by atoms with Gasteiger partial charge in [-0.05, 0) is 43.3 Å². The van der Waals surface area contributed by atoms with Crippen molar-refractivity contribution < 1.29 is 9.53 Å². The number of hydrogen-bond donors (Lipinski definition) is 4. The lowest BCUT2D eigenvalue weighted by molar-refractivity contribution is 0.252. The van der Waals surface area contributed by atoms with Crippen LogP contribution in [0.25, 0.3) is 0 Å². The van der Waals surface area contributed by atoms with E-state index in [2.05, 4.69) is 31.2 Å². The van der Waals surface area contributed by atoms with Crippen LogP contribution < -0.4 is 26.0 Å². The third-order valence-electron chi connectivity index (χ3n) is 3.94. The Hall–Kier alpha value is -3.81. The predicted molar refractivity (Wildman–Crippen MR) is 115 cm³/mol. The molecule has 0 atom stereocenters. The molecule has 1 aromatic heterocycles. The summed E-state index contributed by atoms with van der Waals surface area (Å²) in [7, 11) is 1.63. The van der Waals surface area contributed by atoms with Crippen LogP contribution >= 0.6 is 0 Å². The van der Waals surface area contributed by atoms with Crippen LogP contribution in [-0.2, 0) is 0 Å². The van der Waals surface area contributed by atoms with Crippen molar-refractivity contribution in [1.82, 2.24) is 15.3 Å². The average Bonchev–Trinajstić information content (AvgIpc) is 2.72. The van der Waals surface area contributed by atoms with E-state index in [1.54, 1.807) is 7.11 Å². The summed E-state index contributed by atoms with van der Waals surface area (Å²) >= 11 is 0. The maximum absolute atomic E-state index is 11.9. The van der Waals surface area contributed by atoms with Crippen molar-refractivity contribution in [2.45, 2.75) is 6.92 Å². The number of hydrogen-bond acceptors (Lipinski definition) is 6. The molecule has 8 heteroatoms. The smallest absolute Gasteiger partial charge is 0.319 e. The Morgan fingerprint density at radius 1 is 0.966 bits per heavy atom. The molecule has 1 heterocycles. The van der Waals surface area contributed by atoms with Gasteiger partial charge in [-0.2, -0.15) is 4.98 Å². The summed E-state index contributed by atoms with van der Waals surface area (Å²) < 4.78 is 5.16. The van der Waals surface area contributed by atoms with E-state index < -0.39 is 0 Å². The molecule has 29 heavy (non-hydrogen) atoms. The van der Waals surface area contributed by atoms with Crippen molar-refractivity contribution in [2.75, 3.05) is 36.1 Å². The fourth-order valence-corrected chi connectivity index (χ4v) is 2.58. The van der Waals surface area contributed by atoms with Gasteiger partial charge in [-0.1, -0.05) is 18.2 Å². The molecular weight excluding hydrogens is 368 g/mol. The van der Waals surface area contributed by atoms with E-state index in [1.165, 1.54) is 0 Å². The maximum atomic E-state index is 11.9. The van der Waals surface area contributed by atoms with Gasteiger partial charge in [0.25, 0.3) is 0 Å². The Labute approximate surface area is 169 Å². The van der Waals surface area contributed by atoms with Crippen LogP contribution in [0.2, 0.25) is 0 Å². The number of nitrogens with one attached hydrogen (secondary N) is 4. The van der Waals surface area contributed by atoms with Gasteiger partial charge in [0.1, 0.15) is 11.6 Å². The zero-order valence-electron chi connectivity index (χ0n) is 16.4. The van der Waals surface area contributed by atoms with Crippen LogP contribution in [0.15, 0.2) is 60.7 Å².